The number of carbonyl (C=O) groups is 1. The molecule has 0 unspecified atom stereocenters. The molecule has 0 saturated carbocycles. The number of sulfonamides is 1. The third-order valence-corrected chi connectivity index (χ3v) is 7.73. The maximum Gasteiger partial charge on any atom is 0.420 e. The Morgan fingerprint density at radius 3 is 2.59 bits per heavy atom. The molecular formula is C27H23F4N3O6S. The molecule has 1 fully saturated rings. The number of benzene rings is 2. The van der Waals surface area contributed by atoms with E-state index in [1.807, 2.05) is 0 Å². The molecule has 14 heteroatoms. The van der Waals surface area contributed by atoms with Crippen molar-refractivity contribution in [2.75, 3.05) is 19.8 Å². The van der Waals surface area contributed by atoms with Crippen molar-refractivity contribution in [3.63, 3.8) is 0 Å². The largest absolute Gasteiger partial charge is 0.490 e. The zero-order valence-corrected chi connectivity index (χ0v) is 22.0. The maximum atomic E-state index is 14.8. The number of H-pyrrole nitrogens is 1. The lowest BCUT2D eigenvalue weighted by atomic mass is 9.98. The molecule has 2 aromatic carbocycles. The molecule has 5 rings (SSSR count). The number of pyridine rings is 1. The SMILES string of the molecule is O=C(NS(=O)(=O)c1ccc(OCC2(F)CCOCC2)c(C(F)(F)F)c1)c1ccccc1Oc1cnc2[nH]ccc2c1. The summed E-state index contributed by atoms with van der Waals surface area (Å²) in [5.41, 5.74) is -2.89. The van der Waals surface area contributed by atoms with Gasteiger partial charge in [0, 0.05) is 37.6 Å². The lowest BCUT2D eigenvalue weighted by molar-refractivity contribution is -0.139. The Labute approximate surface area is 231 Å². The number of fused-ring (bicyclic) bond motifs is 1. The smallest absolute Gasteiger partial charge is 0.420 e. The molecule has 0 atom stereocenters. The van der Waals surface area contributed by atoms with Gasteiger partial charge in [-0.3, -0.25) is 4.79 Å². The van der Waals surface area contributed by atoms with Crippen LogP contribution in [-0.4, -0.2) is 49.8 Å². The highest BCUT2D eigenvalue weighted by atomic mass is 32.2. The van der Waals surface area contributed by atoms with E-state index in [1.54, 1.807) is 29.1 Å². The molecule has 41 heavy (non-hydrogen) atoms. The summed E-state index contributed by atoms with van der Waals surface area (Å²) < 4.78 is 100. The first kappa shape index (κ1) is 28.4. The summed E-state index contributed by atoms with van der Waals surface area (Å²) in [7, 11) is -4.78. The highest BCUT2D eigenvalue weighted by Crippen LogP contribution is 2.39. The number of ether oxygens (including phenoxy) is 3. The molecular weight excluding hydrogens is 570 g/mol. The van der Waals surface area contributed by atoms with E-state index < -0.39 is 50.6 Å². The Morgan fingerprint density at radius 1 is 1.07 bits per heavy atom. The summed E-state index contributed by atoms with van der Waals surface area (Å²) >= 11 is 0. The fourth-order valence-corrected chi connectivity index (χ4v) is 5.19. The van der Waals surface area contributed by atoms with Gasteiger partial charge in [-0.05, 0) is 42.5 Å². The van der Waals surface area contributed by atoms with E-state index in [-0.39, 0.29) is 43.1 Å². The predicted octanol–water partition coefficient (Wildman–Crippen LogP) is 5.39. The van der Waals surface area contributed by atoms with Crippen LogP contribution < -0.4 is 14.2 Å². The van der Waals surface area contributed by atoms with Crippen LogP contribution >= 0.6 is 0 Å². The van der Waals surface area contributed by atoms with Crippen LogP contribution in [0.5, 0.6) is 17.2 Å². The van der Waals surface area contributed by atoms with E-state index in [1.165, 1.54) is 24.4 Å². The van der Waals surface area contributed by atoms with Gasteiger partial charge in [-0.15, -0.1) is 0 Å². The number of nitrogens with zero attached hydrogens (tertiary/aromatic N) is 1. The van der Waals surface area contributed by atoms with Crippen molar-refractivity contribution in [1.29, 1.82) is 0 Å². The molecule has 1 amide bonds. The molecule has 0 radical (unpaired) electrons. The Kier molecular flexibility index (Phi) is 7.62. The molecule has 9 nitrogen and oxygen atoms in total. The van der Waals surface area contributed by atoms with Crippen molar-refractivity contribution in [2.24, 2.45) is 0 Å². The summed E-state index contributed by atoms with van der Waals surface area (Å²) in [6, 6.07) is 11.1. The van der Waals surface area contributed by atoms with E-state index in [0.29, 0.717) is 11.7 Å². The summed E-state index contributed by atoms with van der Waals surface area (Å²) in [5, 5.41) is 0.731. The number of aromatic amines is 1. The first-order valence-electron chi connectivity index (χ1n) is 12.3. The Hall–Kier alpha value is -4.17. The monoisotopic (exact) mass is 593 g/mol. The average Bonchev–Trinajstić information content (AvgIpc) is 3.40. The molecule has 2 N–H and O–H groups in total. The second kappa shape index (κ2) is 11.0. The number of para-hydroxylation sites is 1. The van der Waals surface area contributed by atoms with Crippen molar-refractivity contribution in [2.45, 2.75) is 29.6 Å². The van der Waals surface area contributed by atoms with Crippen molar-refractivity contribution < 1.29 is 45.0 Å². The number of amides is 1. The van der Waals surface area contributed by atoms with Crippen molar-refractivity contribution in [1.82, 2.24) is 14.7 Å². The molecule has 1 aliphatic heterocycles. The number of aromatic nitrogens is 2. The number of hydrogen-bond donors (Lipinski definition) is 2. The van der Waals surface area contributed by atoms with Gasteiger partial charge in [0.05, 0.1) is 22.2 Å². The van der Waals surface area contributed by atoms with Gasteiger partial charge in [0.1, 0.15) is 35.2 Å². The molecule has 0 aliphatic carbocycles. The van der Waals surface area contributed by atoms with E-state index in [9.17, 15) is 30.8 Å². The molecule has 0 bridgehead atoms. The number of hydrogen-bond acceptors (Lipinski definition) is 7. The van der Waals surface area contributed by atoms with Crippen LogP contribution in [-0.2, 0) is 20.9 Å². The minimum Gasteiger partial charge on any atom is -0.490 e. The standard InChI is InChI=1S/C27H23F4N3O6S/c28-26(8-11-38-12-9-26)16-39-23-6-5-19(14-21(23)27(29,30)31)41(36,37)34-25(35)20-3-1-2-4-22(20)40-18-13-17-7-10-32-24(17)33-15-18/h1-7,10,13-15H,8-9,11-12,16H2,(H,32,33)(H,34,35). The summed E-state index contributed by atoms with van der Waals surface area (Å²) in [5.74, 6) is -1.62. The molecule has 4 aromatic rings. The van der Waals surface area contributed by atoms with Gasteiger partial charge in [0.2, 0.25) is 0 Å². The van der Waals surface area contributed by atoms with Gasteiger partial charge >= 0.3 is 6.18 Å². The lowest BCUT2D eigenvalue weighted by Crippen LogP contribution is -2.37. The second-order valence-electron chi connectivity index (χ2n) is 9.33. The zero-order chi connectivity index (χ0) is 29.3. The van der Waals surface area contributed by atoms with Crippen molar-refractivity contribution >= 4 is 27.0 Å². The lowest BCUT2D eigenvalue weighted by Gasteiger charge is -2.29. The van der Waals surface area contributed by atoms with Crippen LogP contribution in [0.25, 0.3) is 11.0 Å². The highest BCUT2D eigenvalue weighted by Gasteiger charge is 2.38. The van der Waals surface area contributed by atoms with Crippen LogP contribution in [0, 0.1) is 0 Å². The molecule has 1 saturated heterocycles. The fraction of sp³-hybridized carbons (Fsp3) is 0.259. The van der Waals surface area contributed by atoms with E-state index >= 15 is 0 Å². The van der Waals surface area contributed by atoms with Gasteiger partial charge in [0.25, 0.3) is 15.9 Å². The maximum absolute atomic E-state index is 14.8. The van der Waals surface area contributed by atoms with E-state index in [2.05, 4.69) is 9.97 Å². The number of alkyl halides is 4. The van der Waals surface area contributed by atoms with Crippen molar-refractivity contribution in [3.05, 3.63) is 78.1 Å². The minimum atomic E-state index is -5.03. The van der Waals surface area contributed by atoms with Crippen LogP contribution in [0.15, 0.2) is 71.9 Å². The van der Waals surface area contributed by atoms with Crippen molar-refractivity contribution in [3.8, 4) is 17.2 Å². The quantitative estimate of drug-likeness (QED) is 0.263. The van der Waals surface area contributed by atoms with Gasteiger partial charge < -0.3 is 19.2 Å². The van der Waals surface area contributed by atoms with Gasteiger partial charge in [-0.1, -0.05) is 12.1 Å². The van der Waals surface area contributed by atoms with E-state index in [4.69, 9.17) is 14.2 Å². The van der Waals surface area contributed by atoms with Gasteiger partial charge in [-0.2, -0.15) is 13.2 Å². The zero-order valence-electron chi connectivity index (χ0n) is 21.2. The Balaban J connectivity index is 1.36. The second-order valence-corrected chi connectivity index (χ2v) is 11.0. The summed E-state index contributed by atoms with van der Waals surface area (Å²) in [4.78, 5) is 19.3. The third-order valence-electron chi connectivity index (χ3n) is 6.40. The average molecular weight is 594 g/mol. The van der Waals surface area contributed by atoms with Crippen LogP contribution in [0.4, 0.5) is 17.6 Å². The topological polar surface area (TPSA) is 120 Å². The molecule has 216 valence electrons. The molecule has 1 aliphatic rings. The Bertz CT molecular complexity index is 1680. The number of halogens is 4. The third kappa shape index (κ3) is 6.43. The highest BCUT2D eigenvalue weighted by molar-refractivity contribution is 7.90. The number of carbonyl (C=O) groups excluding carboxylic acids is 1. The number of nitrogens with one attached hydrogen (secondary N) is 2. The molecule has 0 spiro atoms. The molecule has 2 aromatic heterocycles. The fourth-order valence-electron chi connectivity index (χ4n) is 4.19. The van der Waals surface area contributed by atoms with Gasteiger partial charge in [0.15, 0.2) is 0 Å². The first-order chi connectivity index (χ1) is 19.4. The summed E-state index contributed by atoms with van der Waals surface area (Å²) in [6.45, 7) is -0.447. The van der Waals surface area contributed by atoms with Gasteiger partial charge in [-0.25, -0.2) is 22.5 Å². The molecule has 3 heterocycles. The first-order valence-corrected chi connectivity index (χ1v) is 13.8. The predicted molar refractivity (Wildman–Crippen MR) is 138 cm³/mol. The van der Waals surface area contributed by atoms with Crippen LogP contribution in [0.2, 0.25) is 0 Å². The minimum absolute atomic E-state index is 0.00937. The number of rotatable bonds is 8. The van der Waals surface area contributed by atoms with Crippen LogP contribution in [0.3, 0.4) is 0 Å². The summed E-state index contributed by atoms with van der Waals surface area (Å²) in [6.07, 6.45) is -2.04. The normalized spacial score (nSPS) is 15.4. The van der Waals surface area contributed by atoms with Crippen LogP contribution in [0.1, 0.15) is 28.8 Å². The van der Waals surface area contributed by atoms with E-state index in [0.717, 1.165) is 17.5 Å². The Morgan fingerprint density at radius 2 is 1.83 bits per heavy atom.